The van der Waals surface area contributed by atoms with Gasteiger partial charge in [-0.15, -0.1) is 0 Å². The van der Waals surface area contributed by atoms with E-state index in [1.165, 1.54) is 17.0 Å². The number of imide groups is 1. The van der Waals surface area contributed by atoms with E-state index >= 15 is 0 Å². The van der Waals surface area contributed by atoms with Gasteiger partial charge in [0.2, 0.25) is 5.91 Å². The van der Waals surface area contributed by atoms with Gasteiger partial charge in [0.15, 0.2) is 0 Å². The van der Waals surface area contributed by atoms with Crippen LogP contribution >= 0.6 is 0 Å². The van der Waals surface area contributed by atoms with Crippen molar-refractivity contribution in [1.29, 1.82) is 0 Å². The smallest absolute Gasteiger partial charge is 0.253 e. The molecule has 0 saturated carbocycles. The second-order valence-corrected chi connectivity index (χ2v) is 7.68. The Labute approximate surface area is 163 Å². The van der Waals surface area contributed by atoms with Crippen LogP contribution in [0.3, 0.4) is 0 Å². The third-order valence-electron chi connectivity index (χ3n) is 6.22. The van der Waals surface area contributed by atoms with Gasteiger partial charge < -0.3 is 0 Å². The average molecular weight is 379 g/mol. The molecule has 0 radical (unpaired) electrons. The lowest BCUT2D eigenvalue weighted by molar-refractivity contribution is -0.126. The zero-order valence-corrected chi connectivity index (χ0v) is 15.7. The van der Waals surface area contributed by atoms with Crippen LogP contribution in [0.2, 0.25) is 0 Å². The van der Waals surface area contributed by atoms with Gasteiger partial charge in [0, 0.05) is 13.1 Å². The average Bonchev–Trinajstić information content (AvgIpc) is 3.35. The molecule has 28 heavy (non-hydrogen) atoms. The lowest BCUT2D eigenvalue weighted by Crippen LogP contribution is -2.44. The van der Waals surface area contributed by atoms with Gasteiger partial charge in [-0.1, -0.05) is 31.2 Å². The minimum atomic E-state index is -0.476. The number of nitrogens with zero attached hydrogens (tertiary/aromatic N) is 3. The molecular formula is C22H22FN3O2. The molecule has 144 valence electrons. The van der Waals surface area contributed by atoms with Gasteiger partial charge >= 0.3 is 0 Å². The van der Waals surface area contributed by atoms with Crippen LogP contribution in [-0.4, -0.2) is 41.0 Å². The second-order valence-electron chi connectivity index (χ2n) is 7.68. The second kappa shape index (κ2) is 6.50. The number of carbonyl (C=O) groups excluding carboxylic acids is 2. The highest BCUT2D eigenvalue weighted by Gasteiger charge is 2.62. The maximum absolute atomic E-state index is 13.4. The van der Waals surface area contributed by atoms with E-state index in [1.807, 2.05) is 24.3 Å². The molecule has 2 aromatic rings. The van der Waals surface area contributed by atoms with Crippen molar-refractivity contribution in [3.05, 3.63) is 65.5 Å². The predicted molar refractivity (Wildman–Crippen MR) is 103 cm³/mol. The van der Waals surface area contributed by atoms with Crippen LogP contribution in [0.5, 0.6) is 0 Å². The molecule has 3 saturated heterocycles. The third kappa shape index (κ3) is 2.45. The number of hydrogen-bond donors (Lipinski definition) is 0. The molecular weight excluding hydrogens is 357 g/mol. The van der Waals surface area contributed by atoms with Crippen LogP contribution in [0.25, 0.3) is 0 Å². The summed E-state index contributed by atoms with van der Waals surface area (Å²) < 4.78 is 13.4. The Morgan fingerprint density at radius 3 is 2.18 bits per heavy atom. The number of amides is 2. The first kappa shape index (κ1) is 17.5. The van der Waals surface area contributed by atoms with E-state index < -0.39 is 12.0 Å². The summed E-state index contributed by atoms with van der Waals surface area (Å²) in [5.41, 5.74) is 2.67. The largest absolute Gasteiger partial charge is 0.274 e. The summed E-state index contributed by atoms with van der Waals surface area (Å²) in [6.07, 6.45) is 1.86. The molecule has 6 heteroatoms. The van der Waals surface area contributed by atoms with Crippen LogP contribution in [0, 0.1) is 11.7 Å². The fourth-order valence-electron chi connectivity index (χ4n) is 4.91. The van der Waals surface area contributed by atoms with Crippen molar-refractivity contribution in [2.45, 2.75) is 31.8 Å². The minimum Gasteiger partial charge on any atom is -0.274 e. The van der Waals surface area contributed by atoms with Crippen LogP contribution in [0.4, 0.5) is 10.1 Å². The Bertz CT molecular complexity index is 928. The van der Waals surface area contributed by atoms with Gasteiger partial charge in [0.25, 0.3) is 5.91 Å². The number of hydrogen-bond acceptors (Lipinski definition) is 4. The summed E-state index contributed by atoms with van der Waals surface area (Å²) in [5.74, 6) is -1.09. The quantitative estimate of drug-likeness (QED) is 0.770. The van der Waals surface area contributed by atoms with Gasteiger partial charge in [0.1, 0.15) is 11.9 Å². The first-order valence-corrected chi connectivity index (χ1v) is 9.85. The molecule has 2 amide bonds. The summed E-state index contributed by atoms with van der Waals surface area (Å²) in [6, 6.07) is 13.2. The highest BCUT2D eigenvalue weighted by molar-refractivity contribution is 6.24. The van der Waals surface area contributed by atoms with E-state index in [9.17, 15) is 14.0 Å². The number of aryl methyl sites for hydroxylation is 1. The monoisotopic (exact) mass is 379 g/mol. The molecule has 3 atom stereocenters. The first-order valence-electron chi connectivity index (χ1n) is 9.85. The van der Waals surface area contributed by atoms with E-state index in [4.69, 9.17) is 0 Å². The molecule has 0 spiro atoms. The molecule has 0 aromatic heterocycles. The molecule has 3 aliphatic rings. The van der Waals surface area contributed by atoms with Crippen molar-refractivity contribution in [3.8, 4) is 0 Å². The zero-order chi connectivity index (χ0) is 19.4. The first-order chi connectivity index (χ1) is 13.6. The molecule has 0 N–H and O–H groups in total. The molecule has 5 nitrogen and oxygen atoms in total. The molecule has 3 fully saturated rings. The summed E-state index contributed by atoms with van der Waals surface area (Å²) in [4.78, 5) is 28.1. The van der Waals surface area contributed by atoms with Gasteiger partial charge in [-0.25, -0.2) is 19.3 Å². The van der Waals surface area contributed by atoms with Crippen molar-refractivity contribution >= 4 is 17.5 Å². The van der Waals surface area contributed by atoms with Gasteiger partial charge in [-0.05, 0) is 48.2 Å². The summed E-state index contributed by atoms with van der Waals surface area (Å²) in [5, 5.41) is 4.19. The lowest BCUT2D eigenvalue weighted by atomic mass is 9.90. The number of halogens is 1. The van der Waals surface area contributed by atoms with Crippen molar-refractivity contribution in [2.24, 2.45) is 5.92 Å². The topological polar surface area (TPSA) is 43.9 Å². The highest BCUT2D eigenvalue weighted by Crippen LogP contribution is 2.48. The van der Waals surface area contributed by atoms with Crippen LogP contribution in [0.1, 0.15) is 30.5 Å². The Kier molecular flexibility index (Phi) is 4.07. The van der Waals surface area contributed by atoms with Crippen LogP contribution < -0.4 is 4.90 Å². The number of rotatable bonds is 3. The van der Waals surface area contributed by atoms with Crippen LogP contribution in [0.15, 0.2) is 48.5 Å². The Morgan fingerprint density at radius 1 is 0.893 bits per heavy atom. The van der Waals surface area contributed by atoms with Crippen molar-refractivity contribution in [2.75, 3.05) is 18.0 Å². The summed E-state index contributed by atoms with van der Waals surface area (Å²) in [6.45, 7) is 3.64. The number of anilines is 1. The van der Waals surface area contributed by atoms with Crippen molar-refractivity contribution < 1.29 is 14.0 Å². The van der Waals surface area contributed by atoms with Gasteiger partial charge in [-0.2, -0.15) is 0 Å². The van der Waals surface area contributed by atoms with Gasteiger partial charge in [-0.3, -0.25) is 9.59 Å². The maximum Gasteiger partial charge on any atom is 0.253 e. The van der Waals surface area contributed by atoms with E-state index in [-0.39, 0.29) is 23.7 Å². The molecule has 0 unspecified atom stereocenters. The Balaban J connectivity index is 1.55. The molecule has 0 aliphatic carbocycles. The lowest BCUT2D eigenvalue weighted by Gasteiger charge is -2.29. The SMILES string of the molecule is CCc1ccc(N2C(=O)[C@H]3[C@@H](C2=O)N2CCCN2[C@H]3c2ccc(F)cc2)cc1. The maximum atomic E-state index is 13.4. The number of hydrazine groups is 1. The summed E-state index contributed by atoms with van der Waals surface area (Å²) in [7, 11) is 0. The molecule has 2 aromatic carbocycles. The highest BCUT2D eigenvalue weighted by atomic mass is 19.1. The number of benzene rings is 2. The van der Waals surface area contributed by atoms with E-state index in [0.29, 0.717) is 5.69 Å². The Morgan fingerprint density at radius 2 is 1.54 bits per heavy atom. The third-order valence-corrected chi connectivity index (χ3v) is 6.22. The zero-order valence-electron chi connectivity index (χ0n) is 15.7. The van der Waals surface area contributed by atoms with E-state index in [0.717, 1.165) is 37.1 Å². The van der Waals surface area contributed by atoms with Crippen molar-refractivity contribution in [3.63, 3.8) is 0 Å². The minimum absolute atomic E-state index is 0.157. The molecule has 0 bridgehead atoms. The van der Waals surface area contributed by atoms with Gasteiger partial charge in [0.05, 0.1) is 17.6 Å². The molecule has 3 heterocycles. The normalized spacial score (nSPS) is 27.5. The number of carbonyl (C=O) groups is 2. The molecule has 5 rings (SSSR count). The predicted octanol–water partition coefficient (Wildman–Crippen LogP) is 2.92. The van der Waals surface area contributed by atoms with E-state index in [1.54, 1.807) is 12.1 Å². The fraction of sp³-hybridized carbons (Fsp3) is 0.364. The Hall–Kier alpha value is -2.57. The summed E-state index contributed by atoms with van der Waals surface area (Å²) >= 11 is 0. The standard InChI is InChI=1S/C22H22FN3O2/c1-2-14-4-10-17(11-5-14)26-21(27)18-19(15-6-8-16(23)9-7-15)24-12-3-13-25(24)20(18)22(26)28/h4-11,18-20H,2-3,12-13H2,1H3/t18-,19+,20+/m1/s1. The van der Waals surface area contributed by atoms with Crippen LogP contribution in [-0.2, 0) is 16.0 Å². The van der Waals surface area contributed by atoms with Crippen molar-refractivity contribution in [1.82, 2.24) is 10.0 Å². The van der Waals surface area contributed by atoms with E-state index in [2.05, 4.69) is 16.9 Å². The fourth-order valence-corrected chi connectivity index (χ4v) is 4.91. The molecule has 3 aliphatic heterocycles. The number of fused-ring (bicyclic) bond motifs is 3.